The van der Waals surface area contributed by atoms with Gasteiger partial charge in [-0.05, 0) is 60.4 Å². The largest absolute Gasteiger partial charge is 0.508 e. The van der Waals surface area contributed by atoms with Gasteiger partial charge in [-0.1, -0.05) is 25.4 Å². The Labute approximate surface area is 145 Å². The second-order valence-corrected chi connectivity index (χ2v) is 6.23. The lowest BCUT2D eigenvalue weighted by Gasteiger charge is -2.16. The minimum absolute atomic E-state index is 0.0961. The number of carbonyl (C=O) groups is 2. The highest BCUT2D eigenvalue weighted by Crippen LogP contribution is 2.30. The van der Waals surface area contributed by atoms with Crippen LogP contribution in [0.15, 0.2) is 36.4 Å². The van der Waals surface area contributed by atoms with Crippen molar-refractivity contribution >= 4 is 29.2 Å². The standard InChI is InChI=1S/C18H19ClN2O3/c1-10(2)14-9-16(22)11(3)8-15(14)20-18(24)21-17(23)12-4-6-13(19)7-5-12/h4-10,22H,1-3H3,(H2,20,21,23,24). The third-order valence-electron chi connectivity index (χ3n) is 3.57. The first kappa shape index (κ1) is 17.8. The van der Waals surface area contributed by atoms with Crippen molar-refractivity contribution in [3.05, 3.63) is 58.1 Å². The third kappa shape index (κ3) is 4.26. The van der Waals surface area contributed by atoms with E-state index in [0.717, 1.165) is 5.56 Å². The number of anilines is 1. The molecule has 0 unspecified atom stereocenters. The molecule has 0 atom stereocenters. The molecule has 0 spiro atoms. The number of rotatable bonds is 3. The molecule has 0 aromatic heterocycles. The lowest BCUT2D eigenvalue weighted by Crippen LogP contribution is -2.34. The van der Waals surface area contributed by atoms with Crippen molar-refractivity contribution in [2.75, 3.05) is 5.32 Å². The number of benzene rings is 2. The Morgan fingerprint density at radius 2 is 1.75 bits per heavy atom. The van der Waals surface area contributed by atoms with Gasteiger partial charge in [0.05, 0.1) is 0 Å². The van der Waals surface area contributed by atoms with E-state index in [1.165, 1.54) is 12.1 Å². The summed E-state index contributed by atoms with van der Waals surface area (Å²) in [4.78, 5) is 24.1. The van der Waals surface area contributed by atoms with E-state index in [1.54, 1.807) is 31.2 Å². The quantitative estimate of drug-likeness (QED) is 0.719. The lowest BCUT2D eigenvalue weighted by atomic mass is 9.98. The predicted octanol–water partition coefficient (Wildman–Crippen LogP) is 4.44. The number of phenols is 1. The predicted molar refractivity (Wildman–Crippen MR) is 94.9 cm³/mol. The average molecular weight is 347 g/mol. The number of hydrogen-bond acceptors (Lipinski definition) is 3. The normalized spacial score (nSPS) is 10.5. The molecule has 6 heteroatoms. The van der Waals surface area contributed by atoms with Crippen LogP contribution >= 0.6 is 11.6 Å². The van der Waals surface area contributed by atoms with Crippen molar-refractivity contribution in [3.63, 3.8) is 0 Å². The summed E-state index contributed by atoms with van der Waals surface area (Å²) in [5.41, 5.74) is 2.31. The number of phenolic OH excluding ortho intramolecular Hbond substituents is 1. The number of imide groups is 1. The first-order valence-electron chi connectivity index (χ1n) is 7.49. The van der Waals surface area contributed by atoms with Gasteiger partial charge in [0, 0.05) is 16.3 Å². The summed E-state index contributed by atoms with van der Waals surface area (Å²) in [5.74, 6) is -0.258. The fourth-order valence-corrected chi connectivity index (χ4v) is 2.35. The van der Waals surface area contributed by atoms with Crippen LogP contribution in [0.1, 0.15) is 41.3 Å². The molecule has 3 N–H and O–H groups in total. The van der Waals surface area contributed by atoms with Crippen molar-refractivity contribution in [2.45, 2.75) is 26.7 Å². The molecule has 0 fully saturated rings. The molecule has 0 saturated heterocycles. The molecule has 126 valence electrons. The molecule has 0 aliphatic heterocycles. The zero-order valence-corrected chi connectivity index (χ0v) is 14.4. The molecule has 3 amide bonds. The number of amides is 3. The highest BCUT2D eigenvalue weighted by molar-refractivity contribution is 6.30. The van der Waals surface area contributed by atoms with E-state index in [1.807, 2.05) is 13.8 Å². The van der Waals surface area contributed by atoms with E-state index < -0.39 is 11.9 Å². The Hall–Kier alpha value is -2.53. The van der Waals surface area contributed by atoms with Crippen LogP contribution in [0.3, 0.4) is 0 Å². The lowest BCUT2D eigenvalue weighted by molar-refractivity contribution is 0.0967. The fraction of sp³-hybridized carbons (Fsp3) is 0.222. The summed E-state index contributed by atoms with van der Waals surface area (Å²) < 4.78 is 0. The Morgan fingerprint density at radius 1 is 1.12 bits per heavy atom. The van der Waals surface area contributed by atoms with Crippen LogP contribution in [0.2, 0.25) is 5.02 Å². The van der Waals surface area contributed by atoms with Gasteiger partial charge in [0.25, 0.3) is 5.91 Å². The SMILES string of the molecule is Cc1cc(NC(=O)NC(=O)c2ccc(Cl)cc2)c(C(C)C)cc1O. The van der Waals surface area contributed by atoms with Crippen LogP contribution in [0.4, 0.5) is 10.5 Å². The number of urea groups is 1. The molecule has 0 aliphatic rings. The van der Waals surface area contributed by atoms with E-state index in [9.17, 15) is 14.7 Å². The van der Waals surface area contributed by atoms with Gasteiger partial charge < -0.3 is 10.4 Å². The summed E-state index contributed by atoms with van der Waals surface area (Å²) in [6.45, 7) is 5.64. The van der Waals surface area contributed by atoms with Gasteiger partial charge in [0.1, 0.15) is 5.75 Å². The number of hydrogen-bond donors (Lipinski definition) is 3. The number of aromatic hydroxyl groups is 1. The monoisotopic (exact) mass is 346 g/mol. The van der Waals surface area contributed by atoms with Crippen LogP contribution in [0.5, 0.6) is 5.75 Å². The number of nitrogens with one attached hydrogen (secondary N) is 2. The molecular weight excluding hydrogens is 328 g/mol. The van der Waals surface area contributed by atoms with Gasteiger partial charge in [-0.3, -0.25) is 10.1 Å². The maximum atomic E-state index is 12.1. The molecule has 2 aromatic carbocycles. The minimum atomic E-state index is -0.637. The van der Waals surface area contributed by atoms with Crippen LogP contribution in [-0.2, 0) is 0 Å². The molecule has 0 bridgehead atoms. The van der Waals surface area contributed by atoms with Crippen molar-refractivity contribution < 1.29 is 14.7 Å². The molecule has 5 nitrogen and oxygen atoms in total. The molecule has 0 radical (unpaired) electrons. The first-order chi connectivity index (χ1) is 11.3. The maximum absolute atomic E-state index is 12.1. The van der Waals surface area contributed by atoms with Crippen molar-refractivity contribution in [1.82, 2.24) is 5.32 Å². The Balaban J connectivity index is 2.13. The van der Waals surface area contributed by atoms with Gasteiger partial charge in [-0.15, -0.1) is 0 Å². The van der Waals surface area contributed by atoms with Crippen LogP contribution in [-0.4, -0.2) is 17.0 Å². The highest BCUT2D eigenvalue weighted by Gasteiger charge is 2.15. The zero-order chi connectivity index (χ0) is 17.9. The Bertz CT molecular complexity index is 771. The smallest absolute Gasteiger partial charge is 0.326 e. The van der Waals surface area contributed by atoms with Crippen LogP contribution in [0, 0.1) is 6.92 Å². The second kappa shape index (κ2) is 7.36. The summed E-state index contributed by atoms with van der Waals surface area (Å²) in [6.07, 6.45) is 0. The Morgan fingerprint density at radius 3 is 2.33 bits per heavy atom. The molecule has 24 heavy (non-hydrogen) atoms. The highest BCUT2D eigenvalue weighted by atomic mass is 35.5. The Kier molecular flexibility index (Phi) is 5.46. The fourth-order valence-electron chi connectivity index (χ4n) is 2.23. The molecule has 0 saturated carbocycles. The van der Waals surface area contributed by atoms with Crippen LogP contribution in [0.25, 0.3) is 0 Å². The van der Waals surface area contributed by atoms with E-state index >= 15 is 0 Å². The van der Waals surface area contributed by atoms with Crippen molar-refractivity contribution in [3.8, 4) is 5.75 Å². The molecule has 2 rings (SSSR count). The molecule has 0 aliphatic carbocycles. The first-order valence-corrected chi connectivity index (χ1v) is 7.87. The van der Waals surface area contributed by atoms with Gasteiger partial charge in [-0.2, -0.15) is 0 Å². The van der Waals surface area contributed by atoms with E-state index in [-0.39, 0.29) is 11.7 Å². The van der Waals surface area contributed by atoms with Gasteiger partial charge >= 0.3 is 6.03 Å². The topological polar surface area (TPSA) is 78.4 Å². The summed E-state index contributed by atoms with van der Waals surface area (Å²) in [7, 11) is 0. The van der Waals surface area contributed by atoms with E-state index in [4.69, 9.17) is 11.6 Å². The summed E-state index contributed by atoms with van der Waals surface area (Å²) >= 11 is 5.77. The van der Waals surface area contributed by atoms with Gasteiger partial charge in [0.2, 0.25) is 0 Å². The molecule has 0 heterocycles. The molecular formula is C18H19ClN2O3. The third-order valence-corrected chi connectivity index (χ3v) is 3.82. The number of halogens is 1. The maximum Gasteiger partial charge on any atom is 0.326 e. The second-order valence-electron chi connectivity index (χ2n) is 5.80. The van der Waals surface area contributed by atoms with Crippen LogP contribution < -0.4 is 10.6 Å². The molecule has 2 aromatic rings. The van der Waals surface area contributed by atoms with Gasteiger partial charge in [0.15, 0.2) is 0 Å². The minimum Gasteiger partial charge on any atom is -0.508 e. The zero-order valence-electron chi connectivity index (χ0n) is 13.7. The van der Waals surface area contributed by atoms with E-state index in [0.29, 0.717) is 21.8 Å². The van der Waals surface area contributed by atoms with Crippen molar-refractivity contribution in [2.24, 2.45) is 0 Å². The summed E-state index contributed by atoms with van der Waals surface area (Å²) in [5, 5.41) is 15.3. The van der Waals surface area contributed by atoms with Crippen molar-refractivity contribution in [1.29, 1.82) is 0 Å². The van der Waals surface area contributed by atoms with E-state index in [2.05, 4.69) is 10.6 Å². The average Bonchev–Trinajstić information content (AvgIpc) is 2.50. The van der Waals surface area contributed by atoms with Gasteiger partial charge in [-0.25, -0.2) is 4.79 Å². The summed E-state index contributed by atoms with van der Waals surface area (Å²) in [6, 6.07) is 8.89. The number of carbonyl (C=O) groups excluding carboxylic acids is 2. The number of aryl methyl sites for hydroxylation is 1.